The van der Waals surface area contributed by atoms with Gasteiger partial charge in [-0.15, -0.1) is 0 Å². The van der Waals surface area contributed by atoms with E-state index in [-0.39, 0.29) is 6.66 Å². The van der Waals surface area contributed by atoms with E-state index in [1.807, 2.05) is 0 Å². The van der Waals surface area contributed by atoms with Crippen molar-refractivity contribution in [3.63, 3.8) is 0 Å². The standard InChI is InChI=1S/C25H37F12N2O6P/c1-16(2)10-14(11-17(3,4)38(16)40)42-46(9,43-15-12-18(5,6)39(41)19(7,8)13-15)44-20(22(26,27)28,23(29,30)31)21(45-46,24(32,33)34)25(35,36)37/h14-15H,10-13H2,1-9H3/q-2. The van der Waals surface area contributed by atoms with Gasteiger partial charge in [0, 0.05) is 0 Å². The van der Waals surface area contributed by atoms with Gasteiger partial charge in [0.1, 0.15) is 0 Å². The van der Waals surface area contributed by atoms with Gasteiger partial charge in [-0.2, -0.15) is 0 Å². The van der Waals surface area contributed by atoms with Gasteiger partial charge in [-0.05, 0) is 0 Å². The van der Waals surface area contributed by atoms with Crippen LogP contribution >= 0.6 is 7.51 Å². The van der Waals surface area contributed by atoms with Crippen LogP contribution in [0, 0.1) is 10.4 Å². The molecule has 0 radical (unpaired) electrons. The number of hydrogen-bond acceptors (Lipinski definition) is 8. The fourth-order valence-corrected chi connectivity index (χ4v) is 11.1. The van der Waals surface area contributed by atoms with Crippen molar-refractivity contribution in [2.75, 3.05) is 6.66 Å². The minimum absolute atomic E-state index is 0.0236. The minimum atomic E-state index is -7.49. The monoisotopic (exact) mass is 720 g/mol. The Morgan fingerprint density at radius 3 is 0.891 bits per heavy atom. The summed E-state index contributed by atoms with van der Waals surface area (Å²) in [6.45, 7) is 10.1. The molecule has 0 N–H and O–H groups in total. The van der Waals surface area contributed by atoms with Crippen molar-refractivity contribution < 1.29 is 70.8 Å². The zero-order valence-corrected chi connectivity index (χ0v) is 27.2. The summed E-state index contributed by atoms with van der Waals surface area (Å²) in [7, 11) is -7.47. The van der Waals surface area contributed by atoms with Gasteiger partial charge in [0.05, 0.1) is 0 Å². The van der Waals surface area contributed by atoms with Crippen molar-refractivity contribution >= 4 is 7.51 Å². The molecule has 0 saturated carbocycles. The molecular formula is C25H37F12N2O6P-2. The molecule has 8 nitrogen and oxygen atoms in total. The zero-order chi connectivity index (χ0) is 36.4. The van der Waals surface area contributed by atoms with Crippen molar-refractivity contribution in [2.24, 2.45) is 0 Å². The Kier molecular flexibility index (Phi) is 8.98. The number of piperidine rings is 2. The Morgan fingerprint density at radius 1 is 0.522 bits per heavy atom. The van der Waals surface area contributed by atoms with Crippen LogP contribution in [-0.2, 0) is 18.1 Å². The van der Waals surface area contributed by atoms with E-state index < -0.39 is 103 Å². The molecule has 0 aromatic carbocycles. The second-order valence-corrected chi connectivity index (χ2v) is 18.0. The molecule has 21 heteroatoms. The second kappa shape index (κ2) is 10.4. The molecule has 0 bridgehead atoms. The molecule has 0 atom stereocenters. The molecule has 3 rings (SSSR count). The third kappa shape index (κ3) is 5.92. The van der Waals surface area contributed by atoms with Crippen molar-refractivity contribution in [1.29, 1.82) is 0 Å². The molecule has 46 heavy (non-hydrogen) atoms. The van der Waals surface area contributed by atoms with Crippen LogP contribution in [0.15, 0.2) is 0 Å². The fraction of sp³-hybridized carbons (Fsp3) is 1.00. The second-order valence-electron chi connectivity index (χ2n) is 14.8. The van der Waals surface area contributed by atoms with Gasteiger partial charge < -0.3 is 0 Å². The van der Waals surface area contributed by atoms with Gasteiger partial charge in [0.2, 0.25) is 0 Å². The molecule has 3 fully saturated rings. The average molecular weight is 721 g/mol. The molecule has 0 aromatic heterocycles. The zero-order valence-electron chi connectivity index (χ0n) is 26.3. The van der Waals surface area contributed by atoms with E-state index in [2.05, 4.69) is 9.05 Å². The van der Waals surface area contributed by atoms with Gasteiger partial charge >= 0.3 is 257 Å². The Balaban J connectivity index is 2.44. The first-order chi connectivity index (χ1) is 19.8. The van der Waals surface area contributed by atoms with Crippen LogP contribution in [-0.4, -0.2) is 87.1 Å². The van der Waals surface area contributed by atoms with Crippen LogP contribution in [0.4, 0.5) is 52.7 Å². The van der Waals surface area contributed by atoms with Crippen LogP contribution < -0.4 is 0 Å². The summed E-state index contributed by atoms with van der Waals surface area (Å²) in [6, 6.07) is 0. The van der Waals surface area contributed by atoms with Crippen LogP contribution in [0.2, 0.25) is 0 Å². The van der Waals surface area contributed by atoms with Crippen molar-refractivity contribution in [3.05, 3.63) is 10.4 Å². The summed E-state index contributed by atoms with van der Waals surface area (Å²) in [5.41, 5.74) is -20.5. The molecule has 274 valence electrons. The summed E-state index contributed by atoms with van der Waals surface area (Å²) in [5, 5.41) is 26.8. The Bertz CT molecular complexity index is 1030. The predicted molar refractivity (Wildman–Crippen MR) is 140 cm³/mol. The van der Waals surface area contributed by atoms with Crippen molar-refractivity contribution in [2.45, 2.75) is 151 Å². The molecule has 0 unspecified atom stereocenters. The predicted octanol–water partition coefficient (Wildman–Crippen LogP) is 8.68. The van der Waals surface area contributed by atoms with Crippen LogP contribution in [0.3, 0.4) is 0 Å². The SMILES string of the molecule is CC1(C)CC(OP2(C)(OC3CC(C)(C)N([O-])C(C)(C)C3)OC(C(F)(F)F)(C(F)(F)F)C(C(F)(F)F)(C(F)(F)F)O2)CC(C)(C)N1[O-]. The maximum absolute atomic E-state index is 14.6. The Morgan fingerprint density at radius 2 is 0.717 bits per heavy atom. The van der Waals surface area contributed by atoms with Gasteiger partial charge in [-0.1, -0.05) is 0 Å². The summed E-state index contributed by atoms with van der Waals surface area (Å²) in [4.78, 5) is 0. The third-order valence-corrected chi connectivity index (χ3v) is 11.5. The molecule has 3 saturated heterocycles. The van der Waals surface area contributed by atoms with Crippen LogP contribution in [0.5, 0.6) is 0 Å². The molecular weight excluding hydrogens is 683 g/mol. The van der Waals surface area contributed by atoms with E-state index in [4.69, 9.17) is 9.05 Å². The first kappa shape index (κ1) is 39.7. The van der Waals surface area contributed by atoms with E-state index in [1.165, 1.54) is 55.4 Å². The first-order valence-corrected chi connectivity index (χ1v) is 16.2. The quantitative estimate of drug-likeness (QED) is 0.211. The Hall–Kier alpha value is -0.730. The van der Waals surface area contributed by atoms with Crippen molar-refractivity contribution in [3.8, 4) is 0 Å². The molecule has 0 aromatic rings. The molecule has 3 aliphatic rings. The molecule has 0 amide bonds. The van der Waals surface area contributed by atoms with E-state index in [1.54, 1.807) is 0 Å². The van der Waals surface area contributed by atoms with Crippen molar-refractivity contribution in [1.82, 2.24) is 10.1 Å². The van der Waals surface area contributed by atoms with Gasteiger partial charge in [-0.3, -0.25) is 0 Å². The number of rotatable bonds is 4. The summed E-state index contributed by atoms with van der Waals surface area (Å²) in [5.74, 6) is 0. The molecule has 3 aliphatic heterocycles. The molecule has 0 spiro atoms. The number of halogens is 12. The van der Waals surface area contributed by atoms with Gasteiger partial charge in [0.25, 0.3) is 0 Å². The maximum atomic E-state index is 14.6. The third-order valence-electron chi connectivity index (χ3n) is 8.65. The summed E-state index contributed by atoms with van der Waals surface area (Å²) in [6.07, 6.45) is -36.1. The summed E-state index contributed by atoms with van der Waals surface area (Å²) >= 11 is 0. The number of hydroxylamine groups is 4. The van der Waals surface area contributed by atoms with Crippen LogP contribution in [0.1, 0.15) is 81.1 Å². The van der Waals surface area contributed by atoms with E-state index in [0.717, 1.165) is 0 Å². The number of hydrogen-bond donors (Lipinski definition) is 0. The van der Waals surface area contributed by atoms with E-state index >= 15 is 0 Å². The van der Waals surface area contributed by atoms with Crippen LogP contribution in [0.25, 0.3) is 0 Å². The topological polar surface area (TPSA) is 89.5 Å². The van der Waals surface area contributed by atoms with E-state index in [9.17, 15) is 63.1 Å². The average Bonchev–Trinajstić information content (AvgIpc) is 3.03. The van der Waals surface area contributed by atoms with Gasteiger partial charge in [0.15, 0.2) is 0 Å². The van der Waals surface area contributed by atoms with E-state index in [0.29, 0.717) is 10.1 Å². The molecule has 3 heterocycles. The van der Waals surface area contributed by atoms with Gasteiger partial charge in [-0.25, -0.2) is 0 Å². The summed E-state index contributed by atoms with van der Waals surface area (Å²) < 4.78 is 195. The number of nitrogens with zero attached hydrogens (tertiary/aromatic N) is 2. The fourth-order valence-electron chi connectivity index (χ4n) is 7.35. The first-order valence-electron chi connectivity index (χ1n) is 13.9. The number of alkyl halides is 12. The normalized spacial score (nSPS) is 30.9. The molecule has 0 aliphatic carbocycles. The Labute approximate surface area is 257 Å².